The minimum atomic E-state index is -0.916. The Morgan fingerprint density at radius 3 is 2.38 bits per heavy atom. The maximum atomic E-state index is 14.1. The Bertz CT molecular complexity index is 814. The number of halogens is 2. The number of nitrogens with one attached hydrogen (secondary N) is 1. The van der Waals surface area contributed by atoms with Crippen LogP contribution in [0.3, 0.4) is 0 Å². The first-order chi connectivity index (χ1) is 10.1. The Kier molecular flexibility index (Phi) is 3.29. The van der Waals surface area contributed by atoms with Gasteiger partial charge in [0.05, 0.1) is 5.69 Å². The van der Waals surface area contributed by atoms with Crippen LogP contribution in [0.25, 0.3) is 22.2 Å². The van der Waals surface area contributed by atoms with Crippen LogP contribution in [0.2, 0.25) is 0 Å². The van der Waals surface area contributed by atoms with E-state index >= 15 is 0 Å². The summed E-state index contributed by atoms with van der Waals surface area (Å²) in [6, 6.07) is 12.2. The summed E-state index contributed by atoms with van der Waals surface area (Å²) in [5.41, 5.74) is 3.23. The number of aromatic nitrogens is 1. The lowest BCUT2D eigenvalue weighted by atomic mass is 10.0. The summed E-state index contributed by atoms with van der Waals surface area (Å²) in [5.74, 6) is -1.80. The first-order valence-electron chi connectivity index (χ1n) is 6.65. The molecule has 0 atom stereocenters. The summed E-state index contributed by atoms with van der Waals surface area (Å²) in [5, 5.41) is 3.64. The molecule has 0 amide bonds. The Labute approximate surface area is 121 Å². The Morgan fingerprint density at radius 1 is 1.00 bits per heavy atom. The number of fused-ring (bicyclic) bond motifs is 1. The van der Waals surface area contributed by atoms with Gasteiger partial charge in [0.2, 0.25) is 0 Å². The number of nitrogens with zero attached hydrogens (tertiary/aromatic N) is 1. The first kappa shape index (κ1) is 13.5. The maximum Gasteiger partial charge on any atom is 0.185 e. The average Bonchev–Trinajstić information content (AvgIpc) is 2.51. The zero-order valence-corrected chi connectivity index (χ0v) is 11.7. The molecule has 1 heterocycles. The van der Waals surface area contributed by atoms with Crippen molar-refractivity contribution in [3.8, 4) is 11.3 Å². The molecule has 4 heteroatoms. The summed E-state index contributed by atoms with van der Waals surface area (Å²) in [6.45, 7) is 1.92. The highest BCUT2D eigenvalue weighted by Gasteiger charge is 2.16. The quantitative estimate of drug-likeness (QED) is 0.748. The second kappa shape index (κ2) is 5.13. The van der Waals surface area contributed by atoms with Gasteiger partial charge in [-0.15, -0.1) is 0 Å². The van der Waals surface area contributed by atoms with E-state index in [1.807, 2.05) is 37.3 Å². The molecule has 0 saturated heterocycles. The van der Waals surface area contributed by atoms with Crippen molar-refractivity contribution in [3.05, 3.63) is 59.7 Å². The SMILES string of the molecule is CNc1c(C)c(-c2ccccc2)nc2c(F)c(F)ccc12. The standard InChI is InChI=1S/C17H14F2N2/c1-10-15(11-6-4-3-5-7-11)21-17-12(16(10)20-2)8-9-13(18)14(17)19/h3-9H,1-2H3,(H,20,21). The van der Waals surface area contributed by atoms with Crippen molar-refractivity contribution in [3.63, 3.8) is 0 Å². The van der Waals surface area contributed by atoms with Gasteiger partial charge in [0, 0.05) is 23.7 Å². The normalized spacial score (nSPS) is 10.9. The highest BCUT2D eigenvalue weighted by molar-refractivity contribution is 5.96. The van der Waals surface area contributed by atoms with Crippen molar-refractivity contribution in [2.75, 3.05) is 12.4 Å². The highest BCUT2D eigenvalue weighted by atomic mass is 19.2. The van der Waals surface area contributed by atoms with Gasteiger partial charge in [-0.3, -0.25) is 0 Å². The van der Waals surface area contributed by atoms with Crippen LogP contribution in [-0.4, -0.2) is 12.0 Å². The number of hydrogen-bond acceptors (Lipinski definition) is 2. The third-order valence-corrected chi connectivity index (χ3v) is 3.59. The van der Waals surface area contributed by atoms with Crippen molar-refractivity contribution < 1.29 is 8.78 Å². The van der Waals surface area contributed by atoms with Gasteiger partial charge in [0.25, 0.3) is 0 Å². The van der Waals surface area contributed by atoms with Gasteiger partial charge < -0.3 is 5.32 Å². The largest absolute Gasteiger partial charge is 0.387 e. The predicted molar refractivity (Wildman–Crippen MR) is 81.4 cm³/mol. The third kappa shape index (κ3) is 2.13. The van der Waals surface area contributed by atoms with Gasteiger partial charge in [0.1, 0.15) is 5.52 Å². The van der Waals surface area contributed by atoms with E-state index in [9.17, 15) is 8.78 Å². The van der Waals surface area contributed by atoms with Crippen molar-refractivity contribution in [1.29, 1.82) is 0 Å². The Morgan fingerprint density at radius 2 is 1.71 bits per heavy atom. The molecule has 21 heavy (non-hydrogen) atoms. The molecule has 0 radical (unpaired) electrons. The molecule has 0 fully saturated rings. The van der Waals surface area contributed by atoms with E-state index in [1.165, 1.54) is 0 Å². The minimum absolute atomic E-state index is 0.0452. The zero-order chi connectivity index (χ0) is 15.0. The molecule has 0 aliphatic carbocycles. The molecule has 0 unspecified atom stereocenters. The Hall–Kier alpha value is -2.49. The van der Waals surface area contributed by atoms with E-state index in [-0.39, 0.29) is 5.52 Å². The summed E-state index contributed by atoms with van der Waals surface area (Å²) in [7, 11) is 1.76. The lowest BCUT2D eigenvalue weighted by molar-refractivity contribution is 0.515. The number of rotatable bonds is 2. The molecule has 106 valence electrons. The predicted octanol–water partition coefficient (Wildman–Crippen LogP) is 4.53. The number of benzene rings is 2. The van der Waals surface area contributed by atoms with E-state index in [0.29, 0.717) is 11.1 Å². The molecule has 1 aromatic heterocycles. The molecule has 2 aromatic carbocycles. The van der Waals surface area contributed by atoms with Crippen LogP contribution in [0.5, 0.6) is 0 Å². The molecule has 0 bridgehead atoms. The van der Waals surface area contributed by atoms with Crippen LogP contribution in [-0.2, 0) is 0 Å². The van der Waals surface area contributed by atoms with Crippen LogP contribution in [0, 0.1) is 18.6 Å². The fourth-order valence-corrected chi connectivity index (χ4v) is 2.57. The monoisotopic (exact) mass is 284 g/mol. The molecule has 3 rings (SSSR count). The van der Waals surface area contributed by atoms with Crippen molar-refractivity contribution in [1.82, 2.24) is 4.98 Å². The molecule has 0 aliphatic rings. The zero-order valence-electron chi connectivity index (χ0n) is 11.7. The van der Waals surface area contributed by atoms with Crippen LogP contribution in [0.15, 0.2) is 42.5 Å². The molecule has 0 saturated carbocycles. The maximum absolute atomic E-state index is 14.1. The lowest BCUT2D eigenvalue weighted by Gasteiger charge is -2.14. The van der Waals surface area contributed by atoms with Crippen LogP contribution >= 0.6 is 0 Å². The van der Waals surface area contributed by atoms with Gasteiger partial charge in [-0.2, -0.15) is 0 Å². The number of hydrogen-bond donors (Lipinski definition) is 1. The third-order valence-electron chi connectivity index (χ3n) is 3.59. The van der Waals surface area contributed by atoms with E-state index in [1.54, 1.807) is 13.1 Å². The minimum Gasteiger partial charge on any atom is -0.387 e. The summed E-state index contributed by atoms with van der Waals surface area (Å²) in [4.78, 5) is 4.36. The van der Waals surface area contributed by atoms with E-state index in [4.69, 9.17) is 0 Å². The van der Waals surface area contributed by atoms with Gasteiger partial charge in [-0.1, -0.05) is 30.3 Å². The van der Waals surface area contributed by atoms with Gasteiger partial charge in [0.15, 0.2) is 11.6 Å². The fourth-order valence-electron chi connectivity index (χ4n) is 2.57. The van der Waals surface area contributed by atoms with Crippen molar-refractivity contribution in [2.24, 2.45) is 0 Å². The average molecular weight is 284 g/mol. The molecule has 0 spiro atoms. The molecule has 2 nitrogen and oxygen atoms in total. The van der Waals surface area contributed by atoms with Gasteiger partial charge >= 0.3 is 0 Å². The summed E-state index contributed by atoms with van der Waals surface area (Å²) in [6.07, 6.45) is 0. The van der Waals surface area contributed by atoms with Gasteiger partial charge in [-0.25, -0.2) is 13.8 Å². The van der Waals surface area contributed by atoms with Crippen molar-refractivity contribution in [2.45, 2.75) is 6.92 Å². The molecule has 3 aromatic rings. The van der Waals surface area contributed by atoms with Crippen LogP contribution < -0.4 is 5.32 Å². The van der Waals surface area contributed by atoms with E-state index < -0.39 is 11.6 Å². The molecule has 1 N–H and O–H groups in total. The summed E-state index contributed by atoms with van der Waals surface area (Å²) < 4.78 is 27.6. The second-order valence-electron chi connectivity index (χ2n) is 4.83. The lowest BCUT2D eigenvalue weighted by Crippen LogP contribution is -2.01. The number of anilines is 1. The van der Waals surface area contributed by atoms with E-state index in [2.05, 4.69) is 10.3 Å². The van der Waals surface area contributed by atoms with E-state index in [0.717, 1.165) is 22.9 Å². The van der Waals surface area contributed by atoms with Crippen LogP contribution in [0.1, 0.15) is 5.56 Å². The molecular formula is C17H14F2N2. The smallest absolute Gasteiger partial charge is 0.185 e. The topological polar surface area (TPSA) is 24.9 Å². The second-order valence-corrected chi connectivity index (χ2v) is 4.83. The molecular weight excluding hydrogens is 270 g/mol. The highest BCUT2D eigenvalue weighted by Crippen LogP contribution is 2.34. The van der Waals surface area contributed by atoms with Gasteiger partial charge in [-0.05, 0) is 24.6 Å². The molecule has 0 aliphatic heterocycles. The fraction of sp³-hybridized carbons (Fsp3) is 0.118. The number of pyridine rings is 1. The van der Waals surface area contributed by atoms with Crippen LogP contribution in [0.4, 0.5) is 14.5 Å². The van der Waals surface area contributed by atoms with Crippen molar-refractivity contribution >= 4 is 16.6 Å². The summed E-state index contributed by atoms with van der Waals surface area (Å²) >= 11 is 0. The first-order valence-corrected chi connectivity index (χ1v) is 6.65. The Balaban J connectivity index is 2.42.